The Kier molecular flexibility index (Phi) is 4.15. The molecule has 0 spiro atoms. The molecule has 0 fully saturated rings. The lowest BCUT2D eigenvalue weighted by molar-refractivity contribution is 0.357. The van der Waals surface area contributed by atoms with Crippen LogP contribution in [0.5, 0.6) is 5.75 Å². The molecule has 1 aromatic carbocycles. The Hall–Kier alpha value is -1.55. The molecule has 2 aromatic rings. The van der Waals surface area contributed by atoms with Gasteiger partial charge < -0.3 is 10.1 Å². The van der Waals surface area contributed by atoms with Crippen molar-refractivity contribution < 1.29 is 4.74 Å². The number of pyridine rings is 1. The number of hydrogen-bond donors (Lipinski definition) is 1. The summed E-state index contributed by atoms with van der Waals surface area (Å²) in [7, 11) is 0. The second kappa shape index (κ2) is 6.06. The maximum absolute atomic E-state index is 5.58. The lowest BCUT2D eigenvalue weighted by atomic mass is 10.0. The molecule has 0 aliphatic carbocycles. The molecule has 1 atom stereocenters. The third kappa shape index (κ3) is 3.05. The van der Waals surface area contributed by atoms with Gasteiger partial charge in [-0.1, -0.05) is 13.0 Å². The maximum Gasteiger partial charge on any atom is 0.122 e. The van der Waals surface area contributed by atoms with Crippen LogP contribution in [0.1, 0.15) is 36.1 Å². The third-order valence-electron chi connectivity index (χ3n) is 3.88. The van der Waals surface area contributed by atoms with Crippen molar-refractivity contribution in [2.45, 2.75) is 32.7 Å². The third-order valence-corrected chi connectivity index (χ3v) is 4.71. The van der Waals surface area contributed by atoms with Crippen LogP contribution in [-0.4, -0.2) is 11.6 Å². The van der Waals surface area contributed by atoms with E-state index < -0.39 is 0 Å². The molecular formula is C17H19BrN2O. The van der Waals surface area contributed by atoms with Crippen LogP contribution in [-0.2, 0) is 6.42 Å². The van der Waals surface area contributed by atoms with Gasteiger partial charge in [0.1, 0.15) is 10.4 Å². The van der Waals surface area contributed by atoms with E-state index in [4.69, 9.17) is 4.74 Å². The predicted molar refractivity (Wildman–Crippen MR) is 89.0 cm³/mol. The predicted octanol–water partition coefficient (Wildman–Crippen LogP) is 4.65. The van der Waals surface area contributed by atoms with E-state index in [9.17, 15) is 0 Å². The van der Waals surface area contributed by atoms with Crippen molar-refractivity contribution in [1.82, 2.24) is 4.98 Å². The minimum Gasteiger partial charge on any atom is -0.493 e. The summed E-state index contributed by atoms with van der Waals surface area (Å²) in [6.45, 7) is 5.05. The number of aromatic nitrogens is 1. The van der Waals surface area contributed by atoms with Gasteiger partial charge in [-0.25, -0.2) is 4.98 Å². The molecule has 1 N–H and O–H groups in total. The van der Waals surface area contributed by atoms with Gasteiger partial charge in [0.05, 0.1) is 24.5 Å². The van der Waals surface area contributed by atoms with Crippen LogP contribution in [0.15, 0.2) is 35.1 Å². The number of halogens is 1. The number of ether oxygens (including phenoxy) is 1. The normalized spacial score (nSPS) is 14.4. The molecule has 110 valence electrons. The molecule has 1 aromatic heterocycles. The Morgan fingerprint density at radius 3 is 3.00 bits per heavy atom. The zero-order valence-corrected chi connectivity index (χ0v) is 13.9. The van der Waals surface area contributed by atoms with Crippen LogP contribution in [0.3, 0.4) is 0 Å². The van der Waals surface area contributed by atoms with E-state index in [1.165, 1.54) is 11.1 Å². The van der Waals surface area contributed by atoms with Crippen molar-refractivity contribution >= 4 is 21.6 Å². The number of hydrogen-bond acceptors (Lipinski definition) is 3. The second-order valence-electron chi connectivity index (χ2n) is 5.40. The molecule has 3 rings (SSSR count). The molecule has 2 heterocycles. The molecule has 0 amide bonds. The minimum absolute atomic E-state index is 0.290. The van der Waals surface area contributed by atoms with E-state index in [1.54, 1.807) is 0 Å². The number of anilines is 1. The van der Waals surface area contributed by atoms with Crippen molar-refractivity contribution in [2.24, 2.45) is 0 Å². The topological polar surface area (TPSA) is 34.2 Å². The van der Waals surface area contributed by atoms with Crippen molar-refractivity contribution in [3.05, 3.63) is 51.8 Å². The average Bonchev–Trinajstić information content (AvgIpc) is 2.95. The van der Waals surface area contributed by atoms with Gasteiger partial charge in [-0.05, 0) is 64.2 Å². The molecule has 3 nitrogen and oxygen atoms in total. The molecule has 21 heavy (non-hydrogen) atoms. The minimum atomic E-state index is 0.290. The molecule has 4 heteroatoms. The van der Waals surface area contributed by atoms with E-state index in [0.29, 0.717) is 6.04 Å². The van der Waals surface area contributed by atoms with Gasteiger partial charge in [0, 0.05) is 6.42 Å². The van der Waals surface area contributed by atoms with Gasteiger partial charge in [0.2, 0.25) is 0 Å². The van der Waals surface area contributed by atoms with Crippen LogP contribution in [0.2, 0.25) is 0 Å². The summed E-state index contributed by atoms with van der Waals surface area (Å²) in [4.78, 5) is 4.35. The monoisotopic (exact) mass is 346 g/mol. The van der Waals surface area contributed by atoms with Gasteiger partial charge in [-0.15, -0.1) is 0 Å². The fourth-order valence-corrected chi connectivity index (χ4v) is 2.90. The highest BCUT2D eigenvalue weighted by molar-refractivity contribution is 9.10. The van der Waals surface area contributed by atoms with Crippen molar-refractivity contribution in [1.29, 1.82) is 0 Å². The summed E-state index contributed by atoms with van der Waals surface area (Å²) in [5, 5.41) is 3.58. The molecule has 0 radical (unpaired) electrons. The average molecular weight is 347 g/mol. The number of fused-ring (bicyclic) bond motifs is 1. The lowest BCUT2D eigenvalue weighted by Gasteiger charge is -2.19. The first kappa shape index (κ1) is 14.4. The van der Waals surface area contributed by atoms with E-state index in [-0.39, 0.29) is 0 Å². The SMILES string of the molecule is CCC(Nc1cnc(Br)c(C)c1)c1ccc2c(c1)CCO2. The number of nitrogens with zero attached hydrogens (tertiary/aromatic N) is 1. The molecule has 0 bridgehead atoms. The van der Waals surface area contributed by atoms with Crippen LogP contribution < -0.4 is 10.1 Å². The quantitative estimate of drug-likeness (QED) is 0.818. The highest BCUT2D eigenvalue weighted by Gasteiger charge is 2.16. The smallest absolute Gasteiger partial charge is 0.122 e. The molecule has 1 aliphatic heterocycles. The van der Waals surface area contributed by atoms with Crippen LogP contribution in [0.4, 0.5) is 5.69 Å². The van der Waals surface area contributed by atoms with E-state index in [1.807, 2.05) is 6.20 Å². The molecule has 0 saturated heterocycles. The standard InChI is InChI=1S/C17H19BrN2O/c1-3-15(20-14-8-11(2)17(18)19-10-14)12-4-5-16-13(9-12)6-7-21-16/h4-5,8-10,15,20H,3,6-7H2,1-2H3. The van der Waals surface area contributed by atoms with Crippen molar-refractivity contribution in [3.63, 3.8) is 0 Å². The second-order valence-corrected chi connectivity index (χ2v) is 6.15. The summed E-state index contributed by atoms with van der Waals surface area (Å²) >= 11 is 3.44. The van der Waals surface area contributed by atoms with Gasteiger partial charge in [0.15, 0.2) is 0 Å². The van der Waals surface area contributed by atoms with Gasteiger partial charge in [0.25, 0.3) is 0 Å². The number of nitrogens with one attached hydrogen (secondary N) is 1. The molecule has 0 saturated carbocycles. The fraction of sp³-hybridized carbons (Fsp3) is 0.353. The fourth-order valence-electron chi connectivity index (χ4n) is 2.68. The zero-order chi connectivity index (χ0) is 14.8. The largest absolute Gasteiger partial charge is 0.493 e. The number of benzene rings is 1. The Labute approximate surface area is 133 Å². The number of aryl methyl sites for hydroxylation is 1. The van der Waals surface area contributed by atoms with E-state index >= 15 is 0 Å². The Morgan fingerprint density at radius 2 is 2.24 bits per heavy atom. The van der Waals surface area contributed by atoms with Gasteiger partial charge >= 0.3 is 0 Å². The first-order chi connectivity index (χ1) is 10.2. The number of rotatable bonds is 4. The zero-order valence-electron chi connectivity index (χ0n) is 12.3. The molecule has 1 unspecified atom stereocenters. The van der Waals surface area contributed by atoms with Gasteiger partial charge in [-0.2, -0.15) is 0 Å². The summed E-state index contributed by atoms with van der Waals surface area (Å²) in [6.07, 6.45) is 3.91. The van der Waals surface area contributed by atoms with Gasteiger partial charge in [-0.3, -0.25) is 0 Å². The summed E-state index contributed by atoms with van der Waals surface area (Å²) < 4.78 is 6.48. The Morgan fingerprint density at radius 1 is 1.38 bits per heavy atom. The molecular weight excluding hydrogens is 328 g/mol. The Balaban J connectivity index is 1.83. The van der Waals surface area contributed by atoms with Crippen molar-refractivity contribution in [2.75, 3.05) is 11.9 Å². The highest BCUT2D eigenvalue weighted by atomic mass is 79.9. The summed E-state index contributed by atoms with van der Waals surface area (Å²) in [5.74, 6) is 1.04. The summed E-state index contributed by atoms with van der Waals surface area (Å²) in [5.41, 5.74) is 4.82. The van der Waals surface area contributed by atoms with Crippen LogP contribution >= 0.6 is 15.9 Å². The maximum atomic E-state index is 5.58. The summed E-state index contributed by atoms with van der Waals surface area (Å²) in [6, 6.07) is 8.93. The lowest BCUT2D eigenvalue weighted by Crippen LogP contribution is -2.10. The van der Waals surface area contributed by atoms with E-state index in [2.05, 4.69) is 64.3 Å². The van der Waals surface area contributed by atoms with Crippen LogP contribution in [0, 0.1) is 6.92 Å². The highest BCUT2D eigenvalue weighted by Crippen LogP contribution is 2.31. The molecule has 1 aliphatic rings. The van der Waals surface area contributed by atoms with Crippen molar-refractivity contribution in [3.8, 4) is 5.75 Å². The first-order valence-corrected chi connectivity index (χ1v) is 8.11. The van der Waals surface area contributed by atoms with Crippen LogP contribution in [0.25, 0.3) is 0 Å². The Bertz CT molecular complexity index is 657. The first-order valence-electron chi connectivity index (χ1n) is 7.31. The van der Waals surface area contributed by atoms with E-state index in [0.717, 1.165) is 41.1 Å².